The highest BCUT2D eigenvalue weighted by Gasteiger charge is 2.38. The maximum atomic E-state index is 11.1. The minimum absolute atomic E-state index is 0.137. The highest BCUT2D eigenvalue weighted by Crippen LogP contribution is 2.41. The van der Waals surface area contributed by atoms with Crippen molar-refractivity contribution >= 4 is 6.29 Å². The lowest BCUT2D eigenvalue weighted by molar-refractivity contribution is -0.122. The molecule has 2 nitrogen and oxygen atoms in total. The Kier molecular flexibility index (Phi) is 4.11. The van der Waals surface area contributed by atoms with Crippen molar-refractivity contribution in [3.63, 3.8) is 0 Å². The molecular formula is C12H22O2. The average Bonchev–Trinajstić information content (AvgIpc) is 2.20. The van der Waals surface area contributed by atoms with Crippen molar-refractivity contribution < 1.29 is 9.53 Å². The van der Waals surface area contributed by atoms with Crippen LogP contribution in [0.4, 0.5) is 0 Å². The first-order valence-electron chi connectivity index (χ1n) is 5.66. The smallest absolute Gasteiger partial charge is 0.126 e. The summed E-state index contributed by atoms with van der Waals surface area (Å²) >= 11 is 0. The zero-order valence-corrected chi connectivity index (χ0v) is 9.58. The minimum Gasteiger partial charge on any atom is -0.381 e. The normalized spacial score (nSPS) is 38.2. The van der Waals surface area contributed by atoms with E-state index in [4.69, 9.17) is 4.74 Å². The molecule has 0 aliphatic heterocycles. The monoisotopic (exact) mass is 198 g/mol. The molecule has 0 spiro atoms. The van der Waals surface area contributed by atoms with Gasteiger partial charge in [-0.2, -0.15) is 0 Å². The summed E-state index contributed by atoms with van der Waals surface area (Å²) in [7, 11) is 0. The lowest BCUT2D eigenvalue weighted by Crippen LogP contribution is -2.37. The summed E-state index contributed by atoms with van der Waals surface area (Å²) in [5, 5.41) is 0. The van der Waals surface area contributed by atoms with Crippen LogP contribution in [0.15, 0.2) is 0 Å². The summed E-state index contributed by atoms with van der Waals surface area (Å²) in [6.07, 6.45) is 4.48. The van der Waals surface area contributed by atoms with Crippen LogP contribution in [0.3, 0.4) is 0 Å². The standard InChI is InChI=1S/C12H22O2/c1-4-14-8-11-7-10(2)5-6-12(11,3)9-13/h9-11H,4-8H2,1-3H3/t10-,11?,12?/m1/s1. The maximum absolute atomic E-state index is 11.1. The van der Waals surface area contributed by atoms with E-state index in [1.165, 1.54) is 6.42 Å². The molecule has 0 amide bonds. The molecule has 3 atom stereocenters. The molecule has 14 heavy (non-hydrogen) atoms. The second kappa shape index (κ2) is 4.92. The topological polar surface area (TPSA) is 26.3 Å². The van der Waals surface area contributed by atoms with E-state index in [0.29, 0.717) is 5.92 Å². The second-order valence-corrected chi connectivity index (χ2v) is 4.86. The molecule has 1 aliphatic carbocycles. The Morgan fingerprint density at radius 2 is 2.29 bits per heavy atom. The van der Waals surface area contributed by atoms with Crippen molar-refractivity contribution in [1.29, 1.82) is 0 Å². The molecule has 0 aromatic heterocycles. The molecule has 0 aromatic carbocycles. The van der Waals surface area contributed by atoms with Gasteiger partial charge < -0.3 is 9.53 Å². The largest absolute Gasteiger partial charge is 0.381 e. The number of aldehydes is 1. The third kappa shape index (κ3) is 2.57. The molecule has 0 N–H and O–H groups in total. The number of ether oxygens (including phenoxy) is 1. The van der Waals surface area contributed by atoms with Crippen LogP contribution >= 0.6 is 0 Å². The molecule has 0 bridgehead atoms. The predicted molar refractivity (Wildman–Crippen MR) is 57.2 cm³/mol. The van der Waals surface area contributed by atoms with Crippen LogP contribution in [0.5, 0.6) is 0 Å². The van der Waals surface area contributed by atoms with Gasteiger partial charge in [0.2, 0.25) is 0 Å². The van der Waals surface area contributed by atoms with Gasteiger partial charge in [0.25, 0.3) is 0 Å². The Balaban J connectivity index is 2.59. The van der Waals surface area contributed by atoms with E-state index in [9.17, 15) is 4.79 Å². The van der Waals surface area contributed by atoms with Gasteiger partial charge in [0.1, 0.15) is 6.29 Å². The quantitative estimate of drug-likeness (QED) is 0.649. The number of carbonyl (C=O) groups excluding carboxylic acids is 1. The van der Waals surface area contributed by atoms with E-state index in [-0.39, 0.29) is 5.41 Å². The molecule has 0 radical (unpaired) electrons. The lowest BCUT2D eigenvalue weighted by Gasteiger charge is -2.39. The molecule has 2 heteroatoms. The summed E-state index contributed by atoms with van der Waals surface area (Å²) in [4.78, 5) is 11.1. The van der Waals surface area contributed by atoms with Gasteiger partial charge in [0.15, 0.2) is 0 Å². The molecule has 0 aromatic rings. The van der Waals surface area contributed by atoms with Crippen LogP contribution in [0.25, 0.3) is 0 Å². The van der Waals surface area contributed by atoms with Crippen LogP contribution in [0, 0.1) is 17.3 Å². The fourth-order valence-electron chi connectivity index (χ4n) is 2.31. The number of carbonyl (C=O) groups is 1. The number of hydrogen-bond acceptors (Lipinski definition) is 2. The summed E-state index contributed by atoms with van der Waals surface area (Å²) in [6, 6.07) is 0. The zero-order chi connectivity index (χ0) is 10.6. The summed E-state index contributed by atoms with van der Waals surface area (Å²) in [5.41, 5.74) is -0.137. The van der Waals surface area contributed by atoms with Gasteiger partial charge in [-0.25, -0.2) is 0 Å². The Morgan fingerprint density at radius 1 is 1.57 bits per heavy atom. The van der Waals surface area contributed by atoms with Gasteiger partial charge in [-0.3, -0.25) is 0 Å². The van der Waals surface area contributed by atoms with E-state index in [1.54, 1.807) is 0 Å². The lowest BCUT2D eigenvalue weighted by atomic mass is 9.66. The van der Waals surface area contributed by atoms with E-state index in [0.717, 1.165) is 38.3 Å². The van der Waals surface area contributed by atoms with E-state index >= 15 is 0 Å². The van der Waals surface area contributed by atoms with E-state index in [1.807, 2.05) is 6.92 Å². The first kappa shape index (κ1) is 11.7. The van der Waals surface area contributed by atoms with Crippen LogP contribution in [0.1, 0.15) is 40.0 Å². The van der Waals surface area contributed by atoms with Gasteiger partial charge in [-0.15, -0.1) is 0 Å². The highest BCUT2D eigenvalue weighted by atomic mass is 16.5. The van der Waals surface area contributed by atoms with Gasteiger partial charge in [0.05, 0.1) is 6.61 Å². The maximum Gasteiger partial charge on any atom is 0.126 e. The van der Waals surface area contributed by atoms with Gasteiger partial charge >= 0.3 is 0 Å². The Hall–Kier alpha value is -0.370. The van der Waals surface area contributed by atoms with Crippen LogP contribution in [-0.4, -0.2) is 19.5 Å². The highest BCUT2D eigenvalue weighted by molar-refractivity contribution is 5.59. The van der Waals surface area contributed by atoms with Gasteiger partial charge in [0, 0.05) is 12.0 Å². The third-order valence-corrected chi connectivity index (χ3v) is 3.59. The number of rotatable bonds is 4. The molecule has 0 saturated heterocycles. The van der Waals surface area contributed by atoms with Crippen molar-refractivity contribution in [2.24, 2.45) is 17.3 Å². The Bertz CT molecular complexity index is 191. The van der Waals surface area contributed by atoms with E-state index < -0.39 is 0 Å². The molecule has 1 saturated carbocycles. The SMILES string of the molecule is CCOCC1C[C@H](C)CCC1(C)C=O. The number of hydrogen-bond donors (Lipinski definition) is 0. The molecule has 1 fully saturated rings. The van der Waals surface area contributed by atoms with Crippen molar-refractivity contribution in [1.82, 2.24) is 0 Å². The summed E-state index contributed by atoms with van der Waals surface area (Å²) in [6.45, 7) is 7.85. The summed E-state index contributed by atoms with van der Waals surface area (Å²) < 4.78 is 5.46. The molecule has 2 unspecified atom stereocenters. The van der Waals surface area contributed by atoms with Crippen LogP contribution < -0.4 is 0 Å². The molecular weight excluding hydrogens is 176 g/mol. The van der Waals surface area contributed by atoms with E-state index in [2.05, 4.69) is 13.8 Å². The predicted octanol–water partition coefficient (Wildman–Crippen LogP) is 2.66. The zero-order valence-electron chi connectivity index (χ0n) is 9.58. The van der Waals surface area contributed by atoms with Gasteiger partial charge in [-0.05, 0) is 38.0 Å². The first-order chi connectivity index (χ1) is 6.62. The van der Waals surface area contributed by atoms with Crippen molar-refractivity contribution in [2.45, 2.75) is 40.0 Å². The van der Waals surface area contributed by atoms with Crippen molar-refractivity contribution in [3.05, 3.63) is 0 Å². The fraction of sp³-hybridized carbons (Fsp3) is 0.917. The Labute approximate surface area is 87.0 Å². The minimum atomic E-state index is -0.137. The second-order valence-electron chi connectivity index (χ2n) is 4.86. The van der Waals surface area contributed by atoms with Crippen molar-refractivity contribution in [2.75, 3.05) is 13.2 Å². The average molecular weight is 198 g/mol. The summed E-state index contributed by atoms with van der Waals surface area (Å²) in [5.74, 6) is 1.16. The molecule has 1 rings (SSSR count). The first-order valence-corrected chi connectivity index (χ1v) is 5.66. The molecule has 1 aliphatic rings. The molecule has 82 valence electrons. The van der Waals surface area contributed by atoms with Crippen LogP contribution in [0.2, 0.25) is 0 Å². The fourth-order valence-corrected chi connectivity index (χ4v) is 2.31. The Morgan fingerprint density at radius 3 is 2.86 bits per heavy atom. The third-order valence-electron chi connectivity index (χ3n) is 3.59. The van der Waals surface area contributed by atoms with Crippen molar-refractivity contribution in [3.8, 4) is 0 Å². The van der Waals surface area contributed by atoms with Crippen LogP contribution in [-0.2, 0) is 9.53 Å². The molecule has 0 heterocycles. The van der Waals surface area contributed by atoms with Gasteiger partial charge in [-0.1, -0.05) is 13.8 Å².